The number of nitrogens with zero attached hydrogens (tertiary/aromatic N) is 1. The number of thioether (sulfide) groups is 1. The maximum atomic E-state index is 11.5. The van der Waals surface area contributed by atoms with Gasteiger partial charge in [0.05, 0.1) is 6.54 Å². The number of nitrogens with one attached hydrogen (secondary N) is 2. The van der Waals surface area contributed by atoms with Crippen molar-refractivity contribution in [2.75, 3.05) is 12.3 Å². The van der Waals surface area contributed by atoms with Gasteiger partial charge in [-0.2, -0.15) is 0 Å². The second-order valence-electron chi connectivity index (χ2n) is 4.71. The highest BCUT2D eigenvalue weighted by molar-refractivity contribution is 8.14. The molecule has 0 aliphatic carbocycles. The fourth-order valence-corrected chi connectivity index (χ4v) is 1.66. The van der Waals surface area contributed by atoms with E-state index < -0.39 is 0 Å². The van der Waals surface area contributed by atoms with Gasteiger partial charge in [0.25, 0.3) is 0 Å². The van der Waals surface area contributed by atoms with Gasteiger partial charge in [-0.25, -0.2) is 4.79 Å². The molecule has 0 radical (unpaired) electrons. The third kappa shape index (κ3) is 4.26. The molecule has 0 saturated heterocycles. The van der Waals surface area contributed by atoms with E-state index in [9.17, 15) is 4.79 Å². The molecule has 1 rings (SSSR count). The quantitative estimate of drug-likeness (QED) is 0.740. The summed E-state index contributed by atoms with van der Waals surface area (Å²) in [5.41, 5.74) is 1.20. The van der Waals surface area contributed by atoms with E-state index in [2.05, 4.69) is 36.4 Å². The number of allylic oxidation sites excluding steroid dienone is 1. The molecule has 0 fully saturated rings. The van der Waals surface area contributed by atoms with Crippen LogP contribution in [-0.2, 0) is 0 Å². The Bertz CT molecular complexity index is 329. The molecule has 1 heterocycles. The summed E-state index contributed by atoms with van der Waals surface area (Å²) in [6, 6.07) is -0.225. The Morgan fingerprint density at radius 1 is 1.50 bits per heavy atom. The van der Waals surface area contributed by atoms with Gasteiger partial charge >= 0.3 is 6.03 Å². The maximum Gasteiger partial charge on any atom is 0.324 e. The fraction of sp³-hybridized carbons (Fsp3) is 0.636. The van der Waals surface area contributed by atoms with Crippen LogP contribution < -0.4 is 10.6 Å². The smallest absolute Gasteiger partial charge is 0.314 e. The van der Waals surface area contributed by atoms with Crippen molar-refractivity contribution in [1.29, 1.82) is 0 Å². The summed E-state index contributed by atoms with van der Waals surface area (Å²) < 4.78 is 0. The molecular weight excluding hydrogens is 222 g/mol. The van der Waals surface area contributed by atoms with Gasteiger partial charge in [0.15, 0.2) is 5.17 Å². The third-order valence-corrected chi connectivity index (χ3v) is 3.30. The van der Waals surface area contributed by atoms with Gasteiger partial charge in [-0.05, 0) is 12.3 Å². The molecule has 0 unspecified atom stereocenters. The van der Waals surface area contributed by atoms with Crippen molar-refractivity contribution in [3.63, 3.8) is 0 Å². The lowest BCUT2D eigenvalue weighted by Crippen LogP contribution is -2.35. The van der Waals surface area contributed by atoms with Crippen molar-refractivity contribution in [3.8, 4) is 0 Å². The highest BCUT2D eigenvalue weighted by Gasteiger charge is 2.13. The Kier molecular flexibility index (Phi) is 4.41. The first-order chi connectivity index (χ1) is 7.39. The number of amidine groups is 1. The molecule has 0 saturated carbocycles. The number of hydrogen-bond donors (Lipinski definition) is 2. The average Bonchev–Trinajstić information content (AvgIpc) is 2.65. The largest absolute Gasteiger partial charge is 0.324 e. The van der Waals surface area contributed by atoms with Gasteiger partial charge < -0.3 is 5.32 Å². The molecule has 0 aromatic heterocycles. The van der Waals surface area contributed by atoms with Crippen molar-refractivity contribution in [3.05, 3.63) is 11.8 Å². The molecule has 2 N–H and O–H groups in total. The van der Waals surface area contributed by atoms with Crippen LogP contribution in [0.1, 0.15) is 27.7 Å². The predicted molar refractivity (Wildman–Crippen MR) is 69.6 cm³/mol. The minimum absolute atomic E-state index is 0.0763. The number of amides is 2. The fourth-order valence-electron chi connectivity index (χ4n) is 0.934. The highest BCUT2D eigenvalue weighted by atomic mass is 32.2. The van der Waals surface area contributed by atoms with Crippen LogP contribution in [0.5, 0.6) is 0 Å². The van der Waals surface area contributed by atoms with Crippen molar-refractivity contribution < 1.29 is 4.79 Å². The van der Waals surface area contributed by atoms with Gasteiger partial charge in [0.2, 0.25) is 0 Å². The monoisotopic (exact) mass is 241 g/mol. The minimum Gasteiger partial charge on any atom is -0.314 e. The number of hydrogen-bond acceptors (Lipinski definition) is 3. The molecule has 2 amide bonds. The molecular formula is C11H19N3OS. The van der Waals surface area contributed by atoms with Crippen molar-refractivity contribution in [2.45, 2.75) is 27.7 Å². The van der Waals surface area contributed by atoms with E-state index in [1.165, 1.54) is 0 Å². The Hall–Kier alpha value is -0.970. The molecule has 0 spiro atoms. The van der Waals surface area contributed by atoms with E-state index in [-0.39, 0.29) is 11.4 Å². The summed E-state index contributed by atoms with van der Waals surface area (Å²) in [5.74, 6) is 0.951. The van der Waals surface area contributed by atoms with Crippen molar-refractivity contribution in [2.24, 2.45) is 10.4 Å². The Balaban J connectivity index is 2.40. The number of urea groups is 1. The molecule has 0 bridgehead atoms. The summed E-state index contributed by atoms with van der Waals surface area (Å²) in [5, 5.41) is 6.12. The molecule has 4 nitrogen and oxygen atoms in total. The molecule has 1 aliphatic heterocycles. The summed E-state index contributed by atoms with van der Waals surface area (Å²) in [6.45, 7) is 9.11. The van der Waals surface area contributed by atoms with E-state index in [0.717, 1.165) is 17.9 Å². The molecule has 90 valence electrons. The van der Waals surface area contributed by atoms with Gasteiger partial charge in [0.1, 0.15) is 0 Å². The Labute approximate surface area is 101 Å². The number of carbonyl (C=O) groups is 1. The van der Waals surface area contributed by atoms with E-state index in [1.54, 1.807) is 18.0 Å². The van der Waals surface area contributed by atoms with Gasteiger partial charge in [-0.3, -0.25) is 10.3 Å². The normalized spacial score (nSPS) is 17.0. The summed E-state index contributed by atoms with van der Waals surface area (Å²) in [7, 11) is 0. The van der Waals surface area contributed by atoms with Gasteiger partial charge in [-0.15, -0.1) is 0 Å². The van der Waals surface area contributed by atoms with E-state index >= 15 is 0 Å². The Morgan fingerprint density at radius 3 is 2.69 bits per heavy atom. The summed E-state index contributed by atoms with van der Waals surface area (Å²) in [6.07, 6.45) is 1.75. The van der Waals surface area contributed by atoms with Crippen LogP contribution in [-0.4, -0.2) is 23.5 Å². The first-order valence-electron chi connectivity index (χ1n) is 5.31. The zero-order valence-electron chi connectivity index (χ0n) is 10.3. The average molecular weight is 241 g/mol. The molecule has 0 atom stereocenters. The topological polar surface area (TPSA) is 53.5 Å². The highest BCUT2D eigenvalue weighted by Crippen LogP contribution is 2.23. The molecule has 5 heteroatoms. The lowest BCUT2D eigenvalue weighted by atomic mass is 9.88. The van der Waals surface area contributed by atoms with Crippen LogP contribution in [0.15, 0.2) is 16.8 Å². The molecule has 1 aliphatic rings. The van der Waals surface area contributed by atoms with E-state index in [1.807, 2.05) is 6.92 Å². The van der Waals surface area contributed by atoms with Crippen molar-refractivity contribution in [1.82, 2.24) is 10.6 Å². The molecule has 0 aromatic rings. The van der Waals surface area contributed by atoms with Crippen molar-refractivity contribution >= 4 is 23.0 Å². The second-order valence-corrected chi connectivity index (χ2v) is 5.79. The van der Waals surface area contributed by atoms with E-state index in [0.29, 0.717) is 5.17 Å². The third-order valence-electron chi connectivity index (χ3n) is 2.41. The molecule has 0 aromatic carbocycles. The van der Waals surface area contributed by atoms with Crippen LogP contribution in [0.4, 0.5) is 4.79 Å². The maximum absolute atomic E-state index is 11.5. The Morgan fingerprint density at radius 2 is 2.19 bits per heavy atom. The number of rotatable bonds is 1. The van der Waals surface area contributed by atoms with Gasteiger partial charge in [-0.1, -0.05) is 38.1 Å². The summed E-state index contributed by atoms with van der Waals surface area (Å²) >= 11 is 1.57. The molecule has 16 heavy (non-hydrogen) atoms. The standard InChI is InChI=1S/C11H19N3OS/c1-8(11(2,3)4)7-13-9(15)14-10-12-5-6-16-10/h7H,5-6H2,1-4H3,(H2,12,13,14,15)/b8-7+. The van der Waals surface area contributed by atoms with Crippen LogP contribution in [0.25, 0.3) is 0 Å². The lowest BCUT2D eigenvalue weighted by Gasteiger charge is -2.19. The second kappa shape index (κ2) is 5.39. The summed E-state index contributed by atoms with van der Waals surface area (Å²) in [4.78, 5) is 15.6. The zero-order valence-corrected chi connectivity index (χ0v) is 11.1. The van der Waals surface area contributed by atoms with Crippen LogP contribution >= 0.6 is 11.8 Å². The lowest BCUT2D eigenvalue weighted by molar-refractivity contribution is 0.248. The number of carbonyl (C=O) groups excluding carboxylic acids is 1. The van der Waals surface area contributed by atoms with Crippen LogP contribution in [0.3, 0.4) is 0 Å². The zero-order chi connectivity index (χ0) is 12.2. The first-order valence-corrected chi connectivity index (χ1v) is 6.30. The SMILES string of the molecule is C/C(=C\NC(=O)NC1=NCCS1)C(C)(C)C. The predicted octanol–water partition coefficient (Wildman–Crippen LogP) is 2.34. The minimum atomic E-state index is -0.225. The van der Waals surface area contributed by atoms with Crippen LogP contribution in [0.2, 0.25) is 0 Å². The van der Waals surface area contributed by atoms with Gasteiger partial charge in [0, 0.05) is 12.0 Å². The first kappa shape index (κ1) is 13.1. The number of aliphatic imine (C=N–C) groups is 1. The van der Waals surface area contributed by atoms with Crippen LogP contribution in [0, 0.1) is 5.41 Å². The van der Waals surface area contributed by atoms with E-state index in [4.69, 9.17) is 0 Å².